The zero-order chi connectivity index (χ0) is 22.4. The van der Waals surface area contributed by atoms with Gasteiger partial charge in [0.05, 0.1) is 14.2 Å². The van der Waals surface area contributed by atoms with Crippen molar-refractivity contribution in [3.63, 3.8) is 0 Å². The van der Waals surface area contributed by atoms with Gasteiger partial charge in [-0.05, 0) is 23.1 Å². The summed E-state index contributed by atoms with van der Waals surface area (Å²) in [7, 11) is 3.17. The zero-order valence-corrected chi connectivity index (χ0v) is 18.6. The van der Waals surface area contributed by atoms with Gasteiger partial charge in [-0.3, -0.25) is 4.79 Å². The molecule has 3 rings (SSSR count). The summed E-state index contributed by atoms with van der Waals surface area (Å²) in [6, 6.07) is 14.8. The number of carbonyl (C=O) groups is 1. The third kappa shape index (κ3) is 6.31. The Kier molecular flexibility index (Phi) is 6.95. The number of nitrogens with zero attached hydrogens (tertiary/aromatic N) is 2. The average Bonchev–Trinajstić information content (AvgIpc) is 3.22. The fourth-order valence-electron chi connectivity index (χ4n) is 3.21. The third-order valence-electron chi connectivity index (χ3n) is 4.66. The lowest BCUT2D eigenvalue weighted by Crippen LogP contribution is -2.32. The second kappa shape index (κ2) is 9.64. The molecule has 1 N–H and O–H groups in total. The molecule has 1 aromatic heterocycles. The molecule has 164 valence electrons. The minimum Gasteiger partial charge on any atom is -0.497 e. The topological polar surface area (TPSA) is 86.5 Å². The largest absolute Gasteiger partial charge is 0.497 e. The Bertz CT molecular complexity index is 987. The van der Waals surface area contributed by atoms with Crippen molar-refractivity contribution >= 4 is 5.91 Å². The second-order valence-electron chi connectivity index (χ2n) is 8.60. The van der Waals surface area contributed by atoms with Crippen LogP contribution in [0, 0.1) is 5.41 Å². The van der Waals surface area contributed by atoms with Gasteiger partial charge in [-0.1, -0.05) is 56.3 Å². The molecular weight excluding hydrogens is 394 g/mol. The van der Waals surface area contributed by atoms with E-state index in [-0.39, 0.29) is 11.3 Å². The van der Waals surface area contributed by atoms with Crippen molar-refractivity contribution in [1.29, 1.82) is 0 Å². The Balaban J connectivity index is 1.89. The first kappa shape index (κ1) is 22.3. The van der Waals surface area contributed by atoms with Gasteiger partial charge < -0.3 is 19.3 Å². The Morgan fingerprint density at radius 1 is 1.06 bits per heavy atom. The van der Waals surface area contributed by atoms with Gasteiger partial charge in [0, 0.05) is 24.5 Å². The number of methoxy groups -OCH3 is 2. The van der Waals surface area contributed by atoms with Crippen molar-refractivity contribution in [2.75, 3.05) is 14.2 Å². The number of rotatable bonds is 8. The van der Waals surface area contributed by atoms with E-state index in [0.29, 0.717) is 41.6 Å². The van der Waals surface area contributed by atoms with E-state index in [4.69, 9.17) is 14.0 Å². The molecule has 0 aliphatic rings. The molecule has 1 amide bonds. The lowest BCUT2D eigenvalue weighted by molar-refractivity contribution is -0.123. The monoisotopic (exact) mass is 423 g/mol. The van der Waals surface area contributed by atoms with Gasteiger partial charge in [0.2, 0.25) is 17.6 Å². The fraction of sp³-hybridized carbons (Fsp3) is 0.375. The van der Waals surface area contributed by atoms with Gasteiger partial charge in [-0.2, -0.15) is 4.98 Å². The maximum atomic E-state index is 12.6. The first-order valence-corrected chi connectivity index (χ1v) is 10.2. The van der Waals surface area contributed by atoms with Crippen LogP contribution in [0.25, 0.3) is 11.4 Å². The summed E-state index contributed by atoms with van der Waals surface area (Å²) >= 11 is 0. The highest BCUT2D eigenvalue weighted by Gasteiger charge is 2.25. The van der Waals surface area contributed by atoms with Crippen LogP contribution in [0.5, 0.6) is 11.5 Å². The Hall–Kier alpha value is -3.35. The Morgan fingerprint density at radius 3 is 2.29 bits per heavy atom. The molecule has 7 heteroatoms. The highest BCUT2D eigenvalue weighted by Crippen LogP contribution is 2.29. The molecule has 31 heavy (non-hydrogen) atoms. The standard InChI is InChI=1S/C24H29N3O4/c1-24(2,3)15-21(28)25-20(11-16-9-7-6-8-10-16)23-26-22(27-31-23)17-12-18(29-4)14-19(13-17)30-5/h6-10,12-14,20H,11,15H2,1-5H3,(H,25,28)/t20-/m0/s1. The third-order valence-corrected chi connectivity index (χ3v) is 4.66. The number of hydrogen-bond acceptors (Lipinski definition) is 6. The van der Waals surface area contributed by atoms with Crippen LogP contribution in [0.15, 0.2) is 53.1 Å². The quantitative estimate of drug-likeness (QED) is 0.570. The van der Waals surface area contributed by atoms with E-state index in [2.05, 4.69) is 15.5 Å². The van der Waals surface area contributed by atoms with Gasteiger partial charge in [0.15, 0.2) is 0 Å². The zero-order valence-electron chi connectivity index (χ0n) is 18.6. The van der Waals surface area contributed by atoms with Gasteiger partial charge in [0.25, 0.3) is 0 Å². The lowest BCUT2D eigenvalue weighted by atomic mass is 9.91. The average molecular weight is 424 g/mol. The number of ether oxygens (including phenoxy) is 2. The summed E-state index contributed by atoms with van der Waals surface area (Å²) in [5, 5.41) is 7.20. The molecule has 0 saturated heterocycles. The summed E-state index contributed by atoms with van der Waals surface area (Å²) in [6.45, 7) is 6.08. The van der Waals surface area contributed by atoms with Crippen molar-refractivity contribution in [2.45, 2.75) is 39.7 Å². The minimum atomic E-state index is -0.439. The van der Waals surface area contributed by atoms with Crippen molar-refractivity contribution in [1.82, 2.24) is 15.5 Å². The summed E-state index contributed by atoms with van der Waals surface area (Å²) in [5.41, 5.74) is 1.63. The molecule has 0 fully saturated rings. The molecule has 0 bridgehead atoms. The van der Waals surface area contributed by atoms with Crippen LogP contribution >= 0.6 is 0 Å². The van der Waals surface area contributed by atoms with Crippen LogP contribution in [0.2, 0.25) is 0 Å². The number of benzene rings is 2. The smallest absolute Gasteiger partial charge is 0.249 e. The number of carbonyl (C=O) groups excluding carboxylic acids is 1. The van der Waals surface area contributed by atoms with Gasteiger partial charge >= 0.3 is 0 Å². The van der Waals surface area contributed by atoms with Crippen molar-refractivity contribution in [2.24, 2.45) is 5.41 Å². The molecule has 2 aromatic carbocycles. The maximum absolute atomic E-state index is 12.6. The number of amides is 1. The number of aromatic nitrogens is 2. The summed E-state index contributed by atoms with van der Waals surface area (Å²) < 4.78 is 16.2. The molecule has 0 radical (unpaired) electrons. The van der Waals surface area contributed by atoms with E-state index in [1.54, 1.807) is 20.3 Å². The molecule has 0 aliphatic heterocycles. The molecule has 0 aliphatic carbocycles. The molecule has 7 nitrogen and oxygen atoms in total. The number of hydrogen-bond donors (Lipinski definition) is 1. The molecule has 0 unspecified atom stereocenters. The van der Waals surface area contributed by atoms with Gasteiger partial charge in [-0.15, -0.1) is 0 Å². The molecule has 1 atom stereocenters. The fourth-order valence-corrected chi connectivity index (χ4v) is 3.21. The van der Waals surface area contributed by atoms with Crippen LogP contribution in [-0.4, -0.2) is 30.3 Å². The lowest BCUT2D eigenvalue weighted by Gasteiger charge is -2.20. The van der Waals surface area contributed by atoms with E-state index >= 15 is 0 Å². The first-order chi connectivity index (χ1) is 14.8. The molecule has 0 saturated carbocycles. The van der Waals surface area contributed by atoms with Gasteiger partial charge in [0.1, 0.15) is 17.5 Å². The van der Waals surface area contributed by atoms with Crippen LogP contribution < -0.4 is 14.8 Å². The Labute approximate surface area is 182 Å². The first-order valence-electron chi connectivity index (χ1n) is 10.2. The molecular formula is C24H29N3O4. The van der Waals surface area contributed by atoms with Crippen LogP contribution in [0.1, 0.15) is 44.7 Å². The van der Waals surface area contributed by atoms with Crippen molar-refractivity contribution in [3.05, 3.63) is 60.0 Å². The van der Waals surface area contributed by atoms with E-state index in [9.17, 15) is 4.79 Å². The minimum absolute atomic E-state index is 0.0590. The van der Waals surface area contributed by atoms with Crippen LogP contribution in [0.4, 0.5) is 0 Å². The molecule has 1 heterocycles. The normalized spacial score (nSPS) is 12.3. The summed E-state index contributed by atoms with van der Waals surface area (Å²) in [6.07, 6.45) is 0.937. The van der Waals surface area contributed by atoms with Gasteiger partial charge in [-0.25, -0.2) is 0 Å². The highest BCUT2D eigenvalue weighted by molar-refractivity contribution is 5.77. The van der Waals surface area contributed by atoms with Crippen molar-refractivity contribution in [3.8, 4) is 22.9 Å². The van der Waals surface area contributed by atoms with E-state index < -0.39 is 6.04 Å². The maximum Gasteiger partial charge on any atom is 0.249 e. The van der Waals surface area contributed by atoms with E-state index in [0.717, 1.165) is 5.56 Å². The number of nitrogens with one attached hydrogen (secondary N) is 1. The Morgan fingerprint density at radius 2 is 1.71 bits per heavy atom. The van der Waals surface area contributed by atoms with Crippen LogP contribution in [0.3, 0.4) is 0 Å². The highest BCUT2D eigenvalue weighted by atomic mass is 16.5. The van der Waals surface area contributed by atoms with Crippen molar-refractivity contribution < 1.29 is 18.8 Å². The summed E-state index contributed by atoms with van der Waals surface area (Å²) in [4.78, 5) is 17.2. The van der Waals surface area contributed by atoms with E-state index in [1.807, 2.05) is 63.2 Å². The van der Waals surface area contributed by atoms with E-state index in [1.165, 1.54) is 0 Å². The second-order valence-corrected chi connectivity index (χ2v) is 8.60. The predicted molar refractivity (Wildman–Crippen MR) is 118 cm³/mol. The summed E-state index contributed by atoms with van der Waals surface area (Å²) in [5.74, 6) is 1.94. The SMILES string of the molecule is COc1cc(OC)cc(-c2noc([C@H](Cc3ccccc3)NC(=O)CC(C)(C)C)n2)c1. The van der Waals surface area contributed by atoms with Crippen LogP contribution in [-0.2, 0) is 11.2 Å². The molecule has 3 aromatic rings. The molecule has 0 spiro atoms. The predicted octanol–water partition coefficient (Wildman–Crippen LogP) is 4.59.